The summed E-state index contributed by atoms with van der Waals surface area (Å²) >= 11 is 0. The zero-order valence-electron chi connectivity index (χ0n) is 12.5. The van der Waals surface area contributed by atoms with Crippen LogP contribution >= 0.6 is 0 Å². The van der Waals surface area contributed by atoms with E-state index >= 15 is 0 Å². The average Bonchev–Trinajstić information content (AvgIpc) is 3.18. The van der Waals surface area contributed by atoms with E-state index in [1.807, 2.05) is 22.9 Å². The molecule has 3 aromatic heterocycles. The highest BCUT2D eigenvalue weighted by atomic mass is 16.1. The van der Waals surface area contributed by atoms with Crippen LogP contribution in [0.2, 0.25) is 0 Å². The topological polar surface area (TPSA) is 39.3 Å². The number of carbonyl (C=O) groups is 1. The van der Waals surface area contributed by atoms with Gasteiger partial charge in [-0.1, -0.05) is 6.07 Å². The number of ketones is 1. The number of aryl methyl sites for hydroxylation is 2. The van der Waals surface area contributed by atoms with Gasteiger partial charge in [-0.2, -0.15) is 0 Å². The van der Waals surface area contributed by atoms with Gasteiger partial charge in [-0.15, -0.1) is 0 Å². The minimum atomic E-state index is 0.251. The second-order valence-electron chi connectivity index (χ2n) is 5.94. The summed E-state index contributed by atoms with van der Waals surface area (Å²) < 4.78 is 4.18. The molecule has 3 heterocycles. The highest BCUT2D eigenvalue weighted by Crippen LogP contribution is 2.31. The van der Waals surface area contributed by atoms with Crippen LogP contribution in [0.1, 0.15) is 40.9 Å². The Balaban J connectivity index is 1.72. The van der Waals surface area contributed by atoms with Gasteiger partial charge in [0.05, 0.1) is 11.8 Å². The largest absolute Gasteiger partial charge is 0.337 e. The third-order valence-corrected chi connectivity index (χ3v) is 4.58. The molecular weight excluding hydrogens is 274 g/mol. The Morgan fingerprint density at radius 3 is 2.95 bits per heavy atom. The lowest BCUT2D eigenvalue weighted by Gasteiger charge is -2.13. The van der Waals surface area contributed by atoms with Crippen LogP contribution in [0.25, 0.3) is 5.52 Å². The van der Waals surface area contributed by atoms with Gasteiger partial charge in [0.2, 0.25) is 0 Å². The number of hydrogen-bond acceptors (Lipinski definition) is 2. The van der Waals surface area contributed by atoms with Gasteiger partial charge in [0.25, 0.3) is 0 Å². The van der Waals surface area contributed by atoms with Crippen molar-refractivity contribution >= 4 is 11.3 Å². The van der Waals surface area contributed by atoms with E-state index in [4.69, 9.17) is 0 Å². The third kappa shape index (κ3) is 2.15. The minimum Gasteiger partial charge on any atom is -0.337 e. The number of imidazole rings is 1. The van der Waals surface area contributed by atoms with E-state index < -0.39 is 0 Å². The summed E-state index contributed by atoms with van der Waals surface area (Å²) in [7, 11) is 0. The van der Waals surface area contributed by atoms with Crippen LogP contribution in [0.3, 0.4) is 0 Å². The number of Topliss-reactive ketones (excluding diaryl/α,β-unsaturated/α-hetero) is 1. The van der Waals surface area contributed by atoms with Gasteiger partial charge in [0.1, 0.15) is 0 Å². The van der Waals surface area contributed by atoms with Crippen molar-refractivity contribution in [2.45, 2.75) is 38.6 Å². The van der Waals surface area contributed by atoms with Gasteiger partial charge in [-0.3, -0.25) is 4.79 Å². The number of hydrogen-bond donors (Lipinski definition) is 0. The molecule has 0 N–H and O–H groups in total. The van der Waals surface area contributed by atoms with Gasteiger partial charge >= 0.3 is 0 Å². The fourth-order valence-corrected chi connectivity index (χ4v) is 3.55. The van der Waals surface area contributed by atoms with Gasteiger partial charge in [-0.25, -0.2) is 4.98 Å². The van der Waals surface area contributed by atoms with E-state index in [1.54, 1.807) is 12.5 Å². The Morgan fingerprint density at radius 2 is 2.09 bits per heavy atom. The normalized spacial score (nSPS) is 14.2. The van der Waals surface area contributed by atoms with Crippen molar-refractivity contribution in [3.8, 4) is 0 Å². The minimum absolute atomic E-state index is 0.251. The standard InChI is InChI=1S/C18H19N3O/c22-17(8-11-20-12-9-19-13-20)18-14-5-1-2-6-15(14)21-10-4-3-7-16(18)21/h3-4,7,9-10,12-13H,1-2,5-6,8,11H2. The summed E-state index contributed by atoms with van der Waals surface area (Å²) in [5, 5.41) is 0. The fraction of sp³-hybridized carbons (Fsp3) is 0.333. The molecule has 1 aliphatic carbocycles. The quantitative estimate of drug-likeness (QED) is 0.692. The fourth-order valence-electron chi connectivity index (χ4n) is 3.55. The van der Waals surface area contributed by atoms with Crippen molar-refractivity contribution in [2.24, 2.45) is 0 Å². The lowest BCUT2D eigenvalue weighted by molar-refractivity contribution is 0.0977. The molecule has 0 aromatic carbocycles. The van der Waals surface area contributed by atoms with Crippen LogP contribution in [0.4, 0.5) is 0 Å². The van der Waals surface area contributed by atoms with Crippen LogP contribution in [-0.2, 0) is 19.4 Å². The Bertz CT molecular complexity index is 814. The van der Waals surface area contributed by atoms with Crippen LogP contribution in [-0.4, -0.2) is 19.7 Å². The summed E-state index contributed by atoms with van der Waals surface area (Å²) in [5.41, 5.74) is 4.65. The summed E-state index contributed by atoms with van der Waals surface area (Å²) in [5.74, 6) is 0.251. The summed E-state index contributed by atoms with van der Waals surface area (Å²) in [6.45, 7) is 0.692. The molecule has 4 rings (SSSR count). The van der Waals surface area contributed by atoms with E-state index in [0.29, 0.717) is 13.0 Å². The number of carbonyl (C=O) groups excluding carboxylic acids is 1. The summed E-state index contributed by atoms with van der Waals surface area (Å²) in [6.07, 6.45) is 12.5. The number of rotatable bonds is 4. The van der Waals surface area contributed by atoms with Crippen molar-refractivity contribution in [1.29, 1.82) is 0 Å². The number of fused-ring (bicyclic) bond motifs is 3. The average molecular weight is 293 g/mol. The maximum absolute atomic E-state index is 12.8. The van der Waals surface area contributed by atoms with Crippen LogP contribution in [0.15, 0.2) is 43.1 Å². The summed E-state index contributed by atoms with van der Waals surface area (Å²) in [6, 6.07) is 6.14. The van der Waals surface area contributed by atoms with E-state index in [-0.39, 0.29) is 5.78 Å². The molecule has 0 radical (unpaired) electrons. The molecule has 3 aromatic rings. The van der Waals surface area contributed by atoms with Gasteiger partial charge in [0.15, 0.2) is 5.78 Å². The Hall–Kier alpha value is -2.36. The Morgan fingerprint density at radius 1 is 1.18 bits per heavy atom. The van der Waals surface area contributed by atoms with Crippen molar-refractivity contribution in [1.82, 2.24) is 14.0 Å². The maximum atomic E-state index is 12.8. The van der Waals surface area contributed by atoms with Crippen LogP contribution in [0.5, 0.6) is 0 Å². The van der Waals surface area contributed by atoms with Crippen LogP contribution in [0, 0.1) is 0 Å². The molecule has 0 atom stereocenters. The predicted molar refractivity (Wildman–Crippen MR) is 85.2 cm³/mol. The van der Waals surface area contributed by atoms with E-state index in [1.165, 1.54) is 24.1 Å². The molecule has 1 aliphatic rings. The molecule has 22 heavy (non-hydrogen) atoms. The molecule has 112 valence electrons. The molecule has 4 heteroatoms. The van der Waals surface area contributed by atoms with Crippen molar-refractivity contribution < 1.29 is 4.79 Å². The zero-order chi connectivity index (χ0) is 14.9. The van der Waals surface area contributed by atoms with E-state index in [9.17, 15) is 4.79 Å². The first-order valence-electron chi connectivity index (χ1n) is 7.94. The highest BCUT2D eigenvalue weighted by Gasteiger charge is 2.24. The molecule has 0 spiro atoms. The number of pyridine rings is 1. The molecule has 0 fully saturated rings. The molecule has 0 aliphatic heterocycles. The monoisotopic (exact) mass is 293 g/mol. The molecular formula is C18H19N3O. The lowest BCUT2D eigenvalue weighted by atomic mass is 9.92. The van der Waals surface area contributed by atoms with Crippen molar-refractivity contribution in [3.05, 3.63) is 59.9 Å². The van der Waals surface area contributed by atoms with Crippen molar-refractivity contribution in [3.63, 3.8) is 0 Å². The molecule has 4 nitrogen and oxygen atoms in total. The molecule has 0 saturated heterocycles. The first kappa shape index (κ1) is 13.3. The van der Waals surface area contributed by atoms with Crippen molar-refractivity contribution in [2.75, 3.05) is 0 Å². The Labute approximate surface area is 129 Å². The Kier molecular flexibility index (Phi) is 3.29. The number of nitrogens with zero attached hydrogens (tertiary/aromatic N) is 3. The van der Waals surface area contributed by atoms with E-state index in [2.05, 4.69) is 21.6 Å². The molecule has 0 unspecified atom stereocenters. The molecule has 0 amide bonds. The van der Waals surface area contributed by atoms with Crippen LogP contribution < -0.4 is 0 Å². The smallest absolute Gasteiger partial charge is 0.167 e. The second-order valence-corrected chi connectivity index (χ2v) is 5.94. The highest BCUT2D eigenvalue weighted by molar-refractivity contribution is 6.04. The maximum Gasteiger partial charge on any atom is 0.167 e. The predicted octanol–water partition coefficient (Wildman–Crippen LogP) is 3.29. The molecule has 0 bridgehead atoms. The zero-order valence-corrected chi connectivity index (χ0v) is 12.5. The first-order valence-corrected chi connectivity index (χ1v) is 7.94. The summed E-state index contributed by atoms with van der Waals surface area (Å²) in [4.78, 5) is 16.9. The van der Waals surface area contributed by atoms with Gasteiger partial charge in [0, 0.05) is 42.8 Å². The van der Waals surface area contributed by atoms with E-state index in [0.717, 1.165) is 23.9 Å². The third-order valence-electron chi connectivity index (χ3n) is 4.58. The lowest BCUT2D eigenvalue weighted by Crippen LogP contribution is -2.09. The molecule has 0 saturated carbocycles. The number of aromatic nitrogens is 3. The SMILES string of the molecule is O=C(CCn1ccnc1)c1c2c(n3ccccc13)CCCC2. The van der Waals surface area contributed by atoms with Gasteiger partial charge in [-0.05, 0) is 43.4 Å². The van der Waals surface area contributed by atoms with Gasteiger partial charge < -0.3 is 8.97 Å². The second kappa shape index (κ2) is 5.44. The first-order chi connectivity index (χ1) is 10.8.